The molecule has 0 unspecified atom stereocenters. The molecular formula is C30H21ClO. The fourth-order valence-corrected chi connectivity index (χ4v) is 4.86. The zero-order valence-corrected chi connectivity index (χ0v) is 18.3. The number of hydrogen-bond donors (Lipinski definition) is 0. The normalized spacial score (nSPS) is 13.9. The number of para-hydroxylation sites is 1. The molecule has 0 atom stereocenters. The topological polar surface area (TPSA) is 13.1 Å². The van der Waals surface area contributed by atoms with Gasteiger partial charge in [0.15, 0.2) is 5.58 Å². The minimum Gasteiger partial charge on any atom is -0.454 e. The summed E-state index contributed by atoms with van der Waals surface area (Å²) in [7, 11) is 0. The Balaban J connectivity index is 1.43. The van der Waals surface area contributed by atoms with E-state index in [9.17, 15) is 0 Å². The largest absolute Gasteiger partial charge is 0.454 e. The van der Waals surface area contributed by atoms with Gasteiger partial charge in [-0.05, 0) is 70.5 Å². The van der Waals surface area contributed by atoms with E-state index in [0.717, 1.165) is 40.3 Å². The second kappa shape index (κ2) is 7.85. The lowest BCUT2D eigenvalue weighted by molar-refractivity contribution is 0.669. The van der Waals surface area contributed by atoms with E-state index >= 15 is 0 Å². The van der Waals surface area contributed by atoms with E-state index in [4.69, 9.17) is 16.0 Å². The molecule has 0 amide bonds. The average molecular weight is 433 g/mol. The number of furan rings is 1. The van der Waals surface area contributed by atoms with Gasteiger partial charge in [0, 0.05) is 10.8 Å². The number of fused-ring (bicyclic) bond motifs is 3. The lowest BCUT2D eigenvalue weighted by atomic mass is 9.86. The Bertz CT molecular complexity index is 1520. The van der Waals surface area contributed by atoms with Crippen molar-refractivity contribution in [3.8, 4) is 11.1 Å². The quantitative estimate of drug-likeness (QED) is 0.277. The fourth-order valence-electron chi connectivity index (χ4n) is 4.65. The predicted molar refractivity (Wildman–Crippen MR) is 136 cm³/mol. The summed E-state index contributed by atoms with van der Waals surface area (Å²) in [5.74, 6) is 0. The molecule has 0 saturated heterocycles. The first-order chi connectivity index (χ1) is 15.8. The van der Waals surface area contributed by atoms with Crippen molar-refractivity contribution in [2.45, 2.75) is 12.8 Å². The van der Waals surface area contributed by atoms with E-state index in [1.54, 1.807) is 0 Å². The standard InChI is InChI=1S/C30H21ClO/c31-28-15-7-14-27-26-17-16-22(19-29(26)32-30(27)28)21-10-6-11-23(18-21)25-13-5-4-12-24(25)20-8-2-1-3-9-20/h1-3,6-19H,4-5H2. The lowest BCUT2D eigenvalue weighted by Gasteiger charge is -2.18. The Morgan fingerprint density at radius 2 is 1.25 bits per heavy atom. The molecule has 4 aromatic carbocycles. The van der Waals surface area contributed by atoms with Gasteiger partial charge < -0.3 is 4.42 Å². The Labute approximate surface area is 192 Å². The number of rotatable bonds is 3. The molecule has 0 fully saturated rings. The molecule has 0 radical (unpaired) electrons. The summed E-state index contributed by atoms with van der Waals surface area (Å²) in [4.78, 5) is 0. The molecule has 1 heterocycles. The third-order valence-corrected chi connectivity index (χ3v) is 6.49. The Morgan fingerprint density at radius 1 is 0.562 bits per heavy atom. The Morgan fingerprint density at radius 3 is 2.09 bits per heavy atom. The first kappa shape index (κ1) is 19.2. The summed E-state index contributed by atoms with van der Waals surface area (Å²) in [6.07, 6.45) is 6.88. The van der Waals surface area contributed by atoms with Crippen molar-refractivity contribution in [1.82, 2.24) is 0 Å². The van der Waals surface area contributed by atoms with Crippen molar-refractivity contribution >= 4 is 44.7 Å². The monoisotopic (exact) mass is 432 g/mol. The van der Waals surface area contributed by atoms with Gasteiger partial charge >= 0.3 is 0 Å². The van der Waals surface area contributed by atoms with Crippen LogP contribution in [0.5, 0.6) is 0 Å². The van der Waals surface area contributed by atoms with Crippen LogP contribution in [0.25, 0.3) is 44.2 Å². The predicted octanol–water partition coefficient (Wildman–Crippen LogP) is 9.17. The van der Waals surface area contributed by atoms with Crippen LogP contribution in [0, 0.1) is 0 Å². The number of halogens is 1. The van der Waals surface area contributed by atoms with E-state index in [1.807, 2.05) is 12.1 Å². The molecule has 1 aliphatic rings. The van der Waals surface area contributed by atoms with Crippen molar-refractivity contribution in [3.63, 3.8) is 0 Å². The molecule has 1 nitrogen and oxygen atoms in total. The van der Waals surface area contributed by atoms with Crippen LogP contribution in [-0.4, -0.2) is 0 Å². The summed E-state index contributed by atoms with van der Waals surface area (Å²) in [5.41, 5.74) is 9.05. The molecule has 1 aliphatic carbocycles. The van der Waals surface area contributed by atoms with Gasteiger partial charge in [0.2, 0.25) is 0 Å². The molecular weight excluding hydrogens is 412 g/mol. The summed E-state index contributed by atoms with van der Waals surface area (Å²) in [5, 5.41) is 2.79. The van der Waals surface area contributed by atoms with Gasteiger partial charge in [-0.25, -0.2) is 0 Å². The van der Waals surface area contributed by atoms with Crippen molar-refractivity contribution < 1.29 is 4.42 Å². The summed E-state index contributed by atoms with van der Waals surface area (Å²) < 4.78 is 6.11. The third kappa shape index (κ3) is 3.26. The van der Waals surface area contributed by atoms with Crippen molar-refractivity contribution in [2.75, 3.05) is 0 Å². The molecule has 0 bridgehead atoms. The molecule has 0 N–H and O–H groups in total. The van der Waals surface area contributed by atoms with Gasteiger partial charge in [0.05, 0.1) is 5.02 Å². The first-order valence-electron chi connectivity index (χ1n) is 11.0. The fraction of sp³-hybridized carbons (Fsp3) is 0.0667. The molecule has 154 valence electrons. The highest BCUT2D eigenvalue weighted by atomic mass is 35.5. The van der Waals surface area contributed by atoms with Gasteiger partial charge in [0.25, 0.3) is 0 Å². The zero-order valence-electron chi connectivity index (χ0n) is 17.5. The second-order valence-electron chi connectivity index (χ2n) is 8.19. The van der Waals surface area contributed by atoms with Gasteiger partial charge in [-0.1, -0.05) is 90.5 Å². The number of benzene rings is 4. The second-order valence-corrected chi connectivity index (χ2v) is 8.60. The van der Waals surface area contributed by atoms with Crippen LogP contribution < -0.4 is 0 Å². The summed E-state index contributed by atoms with van der Waals surface area (Å²) in [6.45, 7) is 0. The lowest BCUT2D eigenvalue weighted by Crippen LogP contribution is -1.95. The molecule has 6 rings (SSSR count). The van der Waals surface area contributed by atoms with Gasteiger partial charge in [-0.3, -0.25) is 0 Å². The van der Waals surface area contributed by atoms with Crippen LogP contribution in [0.4, 0.5) is 0 Å². The molecule has 32 heavy (non-hydrogen) atoms. The van der Waals surface area contributed by atoms with Gasteiger partial charge in [0.1, 0.15) is 5.58 Å². The highest BCUT2D eigenvalue weighted by Crippen LogP contribution is 2.38. The van der Waals surface area contributed by atoms with Gasteiger partial charge in [-0.2, -0.15) is 0 Å². The maximum atomic E-state index is 6.35. The minimum atomic E-state index is 0.645. The highest BCUT2D eigenvalue weighted by molar-refractivity contribution is 6.35. The number of allylic oxidation sites excluding steroid dienone is 4. The molecule has 0 aliphatic heterocycles. The van der Waals surface area contributed by atoms with Gasteiger partial charge in [-0.15, -0.1) is 0 Å². The van der Waals surface area contributed by atoms with E-state index in [0.29, 0.717) is 5.02 Å². The summed E-state index contributed by atoms with van der Waals surface area (Å²) >= 11 is 6.35. The SMILES string of the molecule is Clc1cccc2c1oc1cc(-c3cccc(C4=CCCC=C4c4ccccc4)c3)ccc12. The molecule has 5 aromatic rings. The average Bonchev–Trinajstić information content (AvgIpc) is 3.24. The molecule has 2 heteroatoms. The van der Waals surface area contributed by atoms with E-state index in [1.165, 1.54) is 27.8 Å². The summed E-state index contributed by atoms with van der Waals surface area (Å²) in [6, 6.07) is 31.8. The van der Waals surface area contributed by atoms with Crippen LogP contribution in [-0.2, 0) is 0 Å². The Kier molecular flexibility index (Phi) is 4.70. The maximum absolute atomic E-state index is 6.35. The molecule has 0 saturated carbocycles. The van der Waals surface area contributed by atoms with Crippen LogP contribution in [0.15, 0.2) is 108 Å². The highest BCUT2D eigenvalue weighted by Gasteiger charge is 2.15. The smallest absolute Gasteiger partial charge is 0.153 e. The van der Waals surface area contributed by atoms with Crippen molar-refractivity contribution in [3.05, 3.63) is 119 Å². The minimum absolute atomic E-state index is 0.645. The Hall–Kier alpha value is -3.55. The van der Waals surface area contributed by atoms with Crippen LogP contribution in [0.1, 0.15) is 24.0 Å². The maximum Gasteiger partial charge on any atom is 0.153 e. The van der Waals surface area contributed by atoms with E-state index in [-0.39, 0.29) is 0 Å². The zero-order chi connectivity index (χ0) is 21.5. The van der Waals surface area contributed by atoms with Crippen LogP contribution >= 0.6 is 11.6 Å². The van der Waals surface area contributed by atoms with Crippen molar-refractivity contribution in [2.24, 2.45) is 0 Å². The van der Waals surface area contributed by atoms with E-state index in [2.05, 4.69) is 91.0 Å². The molecule has 0 spiro atoms. The van der Waals surface area contributed by atoms with Crippen LogP contribution in [0.3, 0.4) is 0 Å². The van der Waals surface area contributed by atoms with Crippen molar-refractivity contribution in [1.29, 1.82) is 0 Å². The first-order valence-corrected chi connectivity index (χ1v) is 11.3. The van der Waals surface area contributed by atoms with E-state index < -0.39 is 0 Å². The number of hydrogen-bond acceptors (Lipinski definition) is 1. The molecule has 1 aromatic heterocycles. The van der Waals surface area contributed by atoms with Crippen LogP contribution in [0.2, 0.25) is 5.02 Å². The third-order valence-electron chi connectivity index (χ3n) is 6.20.